The fraction of sp³-hybridized carbons (Fsp3) is 0.467. The zero-order chi connectivity index (χ0) is 14.5. The van der Waals surface area contributed by atoms with E-state index < -0.39 is 0 Å². The van der Waals surface area contributed by atoms with Gasteiger partial charge in [-0.2, -0.15) is 4.98 Å². The molecule has 5 nitrogen and oxygen atoms in total. The summed E-state index contributed by atoms with van der Waals surface area (Å²) in [6.07, 6.45) is 1.87. The highest BCUT2D eigenvalue weighted by atomic mass is 79.9. The molecule has 1 saturated heterocycles. The maximum Gasteiger partial charge on any atom is 0.240 e. The van der Waals surface area contributed by atoms with Crippen LogP contribution in [0.1, 0.15) is 23.7 Å². The molecule has 0 spiro atoms. The van der Waals surface area contributed by atoms with Gasteiger partial charge in [0.25, 0.3) is 0 Å². The van der Waals surface area contributed by atoms with Crippen LogP contribution in [0.25, 0.3) is 0 Å². The summed E-state index contributed by atoms with van der Waals surface area (Å²) in [6.45, 7) is 4.98. The molecule has 1 aromatic heterocycles. The van der Waals surface area contributed by atoms with Gasteiger partial charge in [-0.05, 0) is 37.2 Å². The molecule has 1 aliphatic heterocycles. The molecule has 0 saturated carbocycles. The minimum absolute atomic E-state index is 0.707. The second kappa shape index (κ2) is 7.15. The van der Waals surface area contributed by atoms with Crippen LogP contribution < -0.4 is 5.32 Å². The molecule has 0 atom stereocenters. The molecule has 0 radical (unpaired) electrons. The van der Waals surface area contributed by atoms with Gasteiger partial charge in [-0.1, -0.05) is 33.2 Å². The SMILES string of the molecule is Brc1ccc(Cc2noc(CN3CCCNCC3)n2)cc1. The molecule has 1 aromatic carbocycles. The van der Waals surface area contributed by atoms with Gasteiger partial charge in [0, 0.05) is 24.0 Å². The number of rotatable bonds is 4. The molecule has 0 amide bonds. The fourth-order valence-corrected chi connectivity index (χ4v) is 2.73. The number of nitrogens with zero attached hydrogens (tertiary/aromatic N) is 3. The molecule has 112 valence electrons. The minimum atomic E-state index is 0.707. The number of halogens is 1. The van der Waals surface area contributed by atoms with Crippen molar-refractivity contribution in [2.24, 2.45) is 0 Å². The smallest absolute Gasteiger partial charge is 0.240 e. The summed E-state index contributed by atoms with van der Waals surface area (Å²) in [7, 11) is 0. The van der Waals surface area contributed by atoms with Crippen LogP contribution in [0.3, 0.4) is 0 Å². The molecule has 3 rings (SSSR count). The van der Waals surface area contributed by atoms with Crippen LogP contribution in [0.2, 0.25) is 0 Å². The van der Waals surface area contributed by atoms with Crippen molar-refractivity contribution in [1.29, 1.82) is 0 Å². The van der Waals surface area contributed by atoms with Gasteiger partial charge in [0.2, 0.25) is 5.89 Å². The lowest BCUT2D eigenvalue weighted by molar-refractivity contribution is 0.238. The third-order valence-corrected chi connectivity index (χ3v) is 4.11. The second-order valence-corrected chi connectivity index (χ2v) is 6.20. The highest BCUT2D eigenvalue weighted by molar-refractivity contribution is 9.10. The summed E-state index contributed by atoms with van der Waals surface area (Å²) in [6, 6.07) is 8.20. The van der Waals surface area contributed by atoms with E-state index in [0.29, 0.717) is 12.3 Å². The largest absolute Gasteiger partial charge is 0.338 e. The second-order valence-electron chi connectivity index (χ2n) is 5.29. The van der Waals surface area contributed by atoms with Gasteiger partial charge < -0.3 is 9.84 Å². The Kier molecular flexibility index (Phi) is 5.00. The Hall–Kier alpha value is -1.24. The molecule has 2 heterocycles. The molecule has 2 aromatic rings. The first-order valence-electron chi connectivity index (χ1n) is 7.28. The number of benzene rings is 1. The van der Waals surface area contributed by atoms with Crippen molar-refractivity contribution in [3.63, 3.8) is 0 Å². The molecule has 1 aliphatic rings. The number of nitrogens with one attached hydrogen (secondary N) is 1. The van der Waals surface area contributed by atoms with Crippen molar-refractivity contribution >= 4 is 15.9 Å². The van der Waals surface area contributed by atoms with E-state index in [0.717, 1.165) is 43.0 Å². The number of hydrogen-bond donors (Lipinski definition) is 1. The van der Waals surface area contributed by atoms with E-state index >= 15 is 0 Å². The van der Waals surface area contributed by atoms with E-state index in [1.807, 2.05) is 12.1 Å². The zero-order valence-corrected chi connectivity index (χ0v) is 13.5. The molecule has 0 bridgehead atoms. The Bertz CT molecular complexity index is 561. The highest BCUT2D eigenvalue weighted by Gasteiger charge is 2.13. The Morgan fingerprint density at radius 2 is 2.05 bits per heavy atom. The van der Waals surface area contributed by atoms with Crippen LogP contribution in [0.5, 0.6) is 0 Å². The summed E-state index contributed by atoms with van der Waals surface area (Å²) in [4.78, 5) is 6.86. The molecule has 21 heavy (non-hydrogen) atoms. The van der Waals surface area contributed by atoms with Crippen molar-refractivity contribution < 1.29 is 4.52 Å². The Morgan fingerprint density at radius 1 is 1.19 bits per heavy atom. The predicted molar refractivity (Wildman–Crippen MR) is 84.0 cm³/mol. The average molecular weight is 351 g/mol. The van der Waals surface area contributed by atoms with Crippen molar-refractivity contribution in [2.45, 2.75) is 19.4 Å². The topological polar surface area (TPSA) is 54.2 Å². The first kappa shape index (κ1) is 14.7. The van der Waals surface area contributed by atoms with E-state index in [4.69, 9.17) is 4.52 Å². The van der Waals surface area contributed by atoms with Gasteiger partial charge in [0.05, 0.1) is 6.54 Å². The number of aromatic nitrogens is 2. The van der Waals surface area contributed by atoms with Gasteiger partial charge >= 0.3 is 0 Å². The molecular formula is C15H19BrN4O. The standard InChI is InChI=1S/C15H19BrN4O/c16-13-4-2-12(3-5-13)10-14-18-15(21-19-14)11-20-8-1-6-17-7-9-20/h2-5,17H,1,6-11H2. The highest BCUT2D eigenvalue weighted by Crippen LogP contribution is 2.13. The number of hydrogen-bond acceptors (Lipinski definition) is 5. The van der Waals surface area contributed by atoms with Crippen LogP contribution in [0.15, 0.2) is 33.3 Å². The molecule has 0 unspecified atom stereocenters. The van der Waals surface area contributed by atoms with Gasteiger partial charge in [-0.15, -0.1) is 0 Å². The van der Waals surface area contributed by atoms with Gasteiger partial charge in [-0.3, -0.25) is 4.90 Å². The van der Waals surface area contributed by atoms with E-state index in [1.54, 1.807) is 0 Å². The van der Waals surface area contributed by atoms with E-state index in [1.165, 1.54) is 12.0 Å². The summed E-state index contributed by atoms with van der Waals surface area (Å²) < 4.78 is 6.45. The lowest BCUT2D eigenvalue weighted by Crippen LogP contribution is -2.27. The van der Waals surface area contributed by atoms with E-state index in [2.05, 4.69) is 48.4 Å². The van der Waals surface area contributed by atoms with Crippen LogP contribution in [0, 0.1) is 0 Å². The molecule has 1 fully saturated rings. The van der Waals surface area contributed by atoms with Crippen LogP contribution in [-0.4, -0.2) is 41.2 Å². The fourth-order valence-electron chi connectivity index (χ4n) is 2.46. The maximum atomic E-state index is 5.37. The van der Waals surface area contributed by atoms with Crippen LogP contribution in [0.4, 0.5) is 0 Å². The summed E-state index contributed by atoms with van der Waals surface area (Å²) >= 11 is 3.44. The van der Waals surface area contributed by atoms with E-state index in [-0.39, 0.29) is 0 Å². The monoisotopic (exact) mass is 350 g/mol. The lowest BCUT2D eigenvalue weighted by Gasteiger charge is -2.16. The molecule has 1 N–H and O–H groups in total. The maximum absolute atomic E-state index is 5.37. The van der Waals surface area contributed by atoms with Crippen molar-refractivity contribution in [2.75, 3.05) is 26.2 Å². The Labute approximate surface area is 132 Å². The van der Waals surface area contributed by atoms with Gasteiger partial charge in [-0.25, -0.2) is 0 Å². The summed E-state index contributed by atoms with van der Waals surface area (Å²) in [5.74, 6) is 1.46. The third-order valence-electron chi connectivity index (χ3n) is 3.58. The first-order chi connectivity index (χ1) is 10.3. The Morgan fingerprint density at radius 3 is 2.90 bits per heavy atom. The van der Waals surface area contributed by atoms with Crippen molar-refractivity contribution in [3.8, 4) is 0 Å². The Balaban J connectivity index is 1.59. The van der Waals surface area contributed by atoms with Gasteiger partial charge in [0.15, 0.2) is 5.82 Å². The molecular weight excluding hydrogens is 332 g/mol. The molecule has 6 heteroatoms. The van der Waals surface area contributed by atoms with Crippen LogP contribution >= 0.6 is 15.9 Å². The average Bonchev–Trinajstić information content (AvgIpc) is 2.75. The normalized spacial score (nSPS) is 16.8. The first-order valence-corrected chi connectivity index (χ1v) is 8.08. The lowest BCUT2D eigenvalue weighted by atomic mass is 10.1. The van der Waals surface area contributed by atoms with Gasteiger partial charge in [0.1, 0.15) is 0 Å². The quantitative estimate of drug-likeness (QED) is 0.916. The summed E-state index contributed by atoms with van der Waals surface area (Å²) in [5.41, 5.74) is 1.18. The molecule has 0 aliphatic carbocycles. The summed E-state index contributed by atoms with van der Waals surface area (Å²) in [5, 5.41) is 7.48. The van der Waals surface area contributed by atoms with Crippen LogP contribution in [-0.2, 0) is 13.0 Å². The van der Waals surface area contributed by atoms with E-state index in [9.17, 15) is 0 Å². The minimum Gasteiger partial charge on any atom is -0.338 e. The van der Waals surface area contributed by atoms with Crippen molar-refractivity contribution in [3.05, 3.63) is 46.0 Å². The zero-order valence-electron chi connectivity index (χ0n) is 11.9. The predicted octanol–water partition coefficient (Wildman–Crippen LogP) is 2.22. The van der Waals surface area contributed by atoms with Crippen molar-refractivity contribution in [1.82, 2.24) is 20.4 Å². The third kappa shape index (κ3) is 4.36.